The van der Waals surface area contributed by atoms with Crippen LogP contribution in [0.25, 0.3) is 0 Å². The zero-order valence-electron chi connectivity index (χ0n) is 16.8. The van der Waals surface area contributed by atoms with Gasteiger partial charge in [-0.2, -0.15) is 0 Å². The maximum atomic E-state index is 13.2. The van der Waals surface area contributed by atoms with Crippen molar-refractivity contribution < 1.29 is 14.4 Å². The second-order valence-corrected chi connectivity index (χ2v) is 7.98. The molecule has 2 atom stereocenters. The average molecular weight is 425 g/mol. The third-order valence-corrected chi connectivity index (χ3v) is 5.63. The molecule has 0 bridgehead atoms. The summed E-state index contributed by atoms with van der Waals surface area (Å²) >= 11 is 6.03. The largest absolute Gasteiger partial charge is 0.366 e. The smallest absolute Gasteiger partial charge is 0.329 e. The van der Waals surface area contributed by atoms with Crippen LogP contribution >= 0.6 is 11.6 Å². The zero-order valence-corrected chi connectivity index (χ0v) is 17.5. The van der Waals surface area contributed by atoms with E-state index in [9.17, 15) is 14.4 Å². The predicted octanol–water partition coefficient (Wildman–Crippen LogP) is 3.22. The Labute approximate surface area is 179 Å². The van der Waals surface area contributed by atoms with Gasteiger partial charge >= 0.3 is 6.03 Å². The number of aryl methyl sites for hydroxylation is 2. The van der Waals surface area contributed by atoms with Crippen molar-refractivity contribution in [2.24, 2.45) is 0 Å². The first-order valence-corrected chi connectivity index (χ1v) is 9.86. The molecule has 2 aromatic carbocycles. The van der Waals surface area contributed by atoms with Crippen LogP contribution in [0.5, 0.6) is 0 Å². The number of nitrogens with zero attached hydrogens (tertiary/aromatic N) is 2. The zero-order chi connectivity index (χ0) is 21.6. The summed E-state index contributed by atoms with van der Waals surface area (Å²) in [6.07, 6.45) is 1.60. The molecule has 2 unspecified atom stereocenters. The molecule has 0 saturated carbocycles. The lowest BCUT2D eigenvalue weighted by molar-refractivity contribution is -0.122. The molecule has 8 heteroatoms. The van der Waals surface area contributed by atoms with E-state index < -0.39 is 24.0 Å². The minimum atomic E-state index is -0.740. The van der Waals surface area contributed by atoms with Crippen LogP contribution in [0.3, 0.4) is 0 Å². The quantitative estimate of drug-likeness (QED) is 0.792. The molecule has 2 aliphatic rings. The second kappa shape index (κ2) is 7.50. The molecular formula is C22H21ClN4O3. The lowest BCUT2D eigenvalue weighted by Gasteiger charge is -2.37. The van der Waals surface area contributed by atoms with Crippen molar-refractivity contribution in [3.63, 3.8) is 0 Å². The van der Waals surface area contributed by atoms with Crippen LogP contribution < -0.4 is 15.5 Å². The standard InChI is InChI=1S/C22H21ClN4O3/c1-12-4-8-15(9-5-12)27-21(29)19-18(25-22(27)30)16(11-26(19)3)20(28)24-17-10-14(23)7-6-13(17)2/h4-11,18-19H,1-3H3,(H,24,28)(H,25,30). The molecule has 30 heavy (non-hydrogen) atoms. The number of anilines is 2. The number of hydrogen-bond acceptors (Lipinski definition) is 4. The molecule has 0 radical (unpaired) electrons. The summed E-state index contributed by atoms with van der Waals surface area (Å²) in [6, 6.07) is 10.3. The van der Waals surface area contributed by atoms with Crippen LogP contribution in [0.15, 0.2) is 54.2 Å². The van der Waals surface area contributed by atoms with Gasteiger partial charge in [0.1, 0.15) is 6.04 Å². The van der Waals surface area contributed by atoms with Crippen LogP contribution in [0, 0.1) is 13.8 Å². The van der Waals surface area contributed by atoms with E-state index in [-0.39, 0.29) is 5.91 Å². The van der Waals surface area contributed by atoms with E-state index in [0.717, 1.165) is 16.0 Å². The first kappa shape index (κ1) is 20.0. The first-order valence-electron chi connectivity index (χ1n) is 9.48. The topological polar surface area (TPSA) is 81.8 Å². The van der Waals surface area contributed by atoms with Crippen molar-refractivity contribution >= 4 is 40.8 Å². The molecule has 7 nitrogen and oxygen atoms in total. The summed E-state index contributed by atoms with van der Waals surface area (Å²) in [5.41, 5.74) is 3.26. The lowest BCUT2D eigenvalue weighted by Crippen LogP contribution is -2.65. The fourth-order valence-corrected chi connectivity index (χ4v) is 3.92. The number of hydrogen-bond donors (Lipinski definition) is 2. The van der Waals surface area contributed by atoms with Gasteiger partial charge in [-0.05, 0) is 43.7 Å². The first-order chi connectivity index (χ1) is 14.3. The van der Waals surface area contributed by atoms with Crippen LogP contribution in [0.1, 0.15) is 11.1 Å². The van der Waals surface area contributed by atoms with Gasteiger partial charge in [-0.3, -0.25) is 9.59 Å². The summed E-state index contributed by atoms with van der Waals surface area (Å²) in [4.78, 5) is 41.7. The summed E-state index contributed by atoms with van der Waals surface area (Å²) in [5, 5.41) is 6.15. The Balaban J connectivity index is 1.58. The summed E-state index contributed by atoms with van der Waals surface area (Å²) < 4.78 is 0. The lowest BCUT2D eigenvalue weighted by atomic mass is 9.98. The van der Waals surface area contributed by atoms with Crippen molar-refractivity contribution in [1.82, 2.24) is 10.2 Å². The van der Waals surface area contributed by atoms with E-state index in [1.165, 1.54) is 0 Å². The van der Waals surface area contributed by atoms with E-state index in [0.29, 0.717) is 22.0 Å². The maximum Gasteiger partial charge on any atom is 0.329 e. The summed E-state index contributed by atoms with van der Waals surface area (Å²) in [7, 11) is 1.71. The molecule has 0 aliphatic carbocycles. The molecule has 2 aromatic rings. The van der Waals surface area contributed by atoms with Crippen molar-refractivity contribution in [2.75, 3.05) is 17.3 Å². The van der Waals surface area contributed by atoms with Gasteiger partial charge in [0.2, 0.25) is 0 Å². The highest BCUT2D eigenvalue weighted by Crippen LogP contribution is 2.30. The third-order valence-electron chi connectivity index (χ3n) is 5.39. The number of halogens is 1. The minimum Gasteiger partial charge on any atom is -0.366 e. The van der Waals surface area contributed by atoms with Crippen molar-refractivity contribution in [3.8, 4) is 0 Å². The molecule has 154 valence electrons. The number of fused-ring (bicyclic) bond motifs is 1. The fourth-order valence-electron chi connectivity index (χ4n) is 3.75. The molecule has 0 aromatic heterocycles. The Bertz CT molecular complexity index is 1080. The molecule has 4 rings (SSSR count). The Morgan fingerprint density at radius 1 is 1.10 bits per heavy atom. The van der Waals surface area contributed by atoms with Crippen LogP contribution in [0.2, 0.25) is 5.02 Å². The number of urea groups is 1. The van der Waals surface area contributed by atoms with E-state index in [2.05, 4.69) is 10.6 Å². The minimum absolute atomic E-state index is 0.312. The van der Waals surface area contributed by atoms with Gasteiger partial charge in [0, 0.05) is 24.0 Å². The Hall–Kier alpha value is -3.32. The van der Waals surface area contributed by atoms with Gasteiger partial charge in [-0.15, -0.1) is 0 Å². The molecule has 1 fully saturated rings. The fraction of sp³-hybridized carbons (Fsp3) is 0.227. The molecule has 2 N–H and O–H groups in total. The maximum absolute atomic E-state index is 13.2. The number of likely N-dealkylation sites (N-methyl/N-ethyl adjacent to an activating group) is 1. The Morgan fingerprint density at radius 3 is 2.50 bits per heavy atom. The number of imide groups is 1. The number of nitrogens with one attached hydrogen (secondary N) is 2. The molecule has 2 aliphatic heterocycles. The normalized spacial score (nSPS) is 20.6. The van der Waals surface area contributed by atoms with Gasteiger partial charge in [-0.1, -0.05) is 35.4 Å². The highest BCUT2D eigenvalue weighted by atomic mass is 35.5. The Kier molecular flexibility index (Phi) is 4.99. The van der Waals surface area contributed by atoms with Gasteiger partial charge in [0.05, 0.1) is 17.3 Å². The predicted molar refractivity (Wildman–Crippen MR) is 115 cm³/mol. The van der Waals surface area contributed by atoms with Crippen molar-refractivity contribution in [2.45, 2.75) is 25.9 Å². The monoisotopic (exact) mass is 424 g/mol. The molecule has 1 saturated heterocycles. The SMILES string of the molecule is Cc1ccc(N2C(=O)NC3C(C(=O)Nc4cc(Cl)ccc4C)=CN(C)C3C2=O)cc1. The number of rotatable bonds is 3. The van der Waals surface area contributed by atoms with Gasteiger partial charge < -0.3 is 15.5 Å². The van der Waals surface area contributed by atoms with Crippen molar-refractivity contribution in [3.05, 3.63) is 70.4 Å². The van der Waals surface area contributed by atoms with Gasteiger partial charge in [-0.25, -0.2) is 9.69 Å². The average Bonchev–Trinajstić information content (AvgIpc) is 3.02. The number of carbonyl (C=O) groups excluding carboxylic acids is 3. The van der Waals surface area contributed by atoms with E-state index in [4.69, 9.17) is 11.6 Å². The highest BCUT2D eigenvalue weighted by molar-refractivity contribution is 6.31. The van der Waals surface area contributed by atoms with E-state index >= 15 is 0 Å². The molecule has 4 amide bonds. The third kappa shape index (κ3) is 3.41. The number of benzene rings is 2. The summed E-state index contributed by atoms with van der Waals surface area (Å²) in [5.74, 6) is -0.773. The van der Waals surface area contributed by atoms with Crippen LogP contribution in [-0.2, 0) is 9.59 Å². The molecular weight excluding hydrogens is 404 g/mol. The number of amides is 4. The Morgan fingerprint density at radius 2 is 1.80 bits per heavy atom. The molecule has 2 heterocycles. The highest BCUT2D eigenvalue weighted by Gasteiger charge is 2.49. The van der Waals surface area contributed by atoms with E-state index in [1.807, 2.05) is 26.0 Å². The number of carbonyl (C=O) groups is 3. The van der Waals surface area contributed by atoms with Gasteiger partial charge in [0.15, 0.2) is 0 Å². The van der Waals surface area contributed by atoms with Crippen LogP contribution in [-0.4, -0.2) is 41.9 Å². The van der Waals surface area contributed by atoms with E-state index in [1.54, 1.807) is 48.5 Å². The van der Waals surface area contributed by atoms with Gasteiger partial charge in [0.25, 0.3) is 11.8 Å². The van der Waals surface area contributed by atoms with Crippen LogP contribution in [0.4, 0.5) is 16.2 Å². The molecule has 0 spiro atoms. The van der Waals surface area contributed by atoms with Crippen molar-refractivity contribution in [1.29, 1.82) is 0 Å². The summed E-state index contributed by atoms with van der Waals surface area (Å²) in [6.45, 7) is 3.79. The second-order valence-electron chi connectivity index (χ2n) is 7.54.